The van der Waals surface area contributed by atoms with Crippen molar-refractivity contribution in [3.8, 4) is 33.4 Å². The normalized spacial score (nSPS) is 13.4. The molecule has 0 bridgehead atoms. The molecule has 48 heavy (non-hydrogen) atoms. The molecule has 2 heteroatoms. The monoisotopic (exact) mass is 620 g/mol. The summed E-state index contributed by atoms with van der Waals surface area (Å²) in [4.78, 5) is 10.6. The Morgan fingerprint density at radius 2 is 1.04 bits per heavy atom. The lowest BCUT2D eigenvalue weighted by Gasteiger charge is -2.22. The molecule has 7 rings (SSSR count). The van der Waals surface area contributed by atoms with E-state index in [4.69, 9.17) is 9.98 Å². The molecule has 1 aliphatic carbocycles. The quantitative estimate of drug-likeness (QED) is 0.119. The smallest absolute Gasteiger partial charge is 0.160 e. The lowest BCUT2D eigenvalue weighted by molar-refractivity contribution is 0.741. The van der Waals surface area contributed by atoms with Crippen LogP contribution in [0.25, 0.3) is 39.1 Å². The third-order valence-corrected chi connectivity index (χ3v) is 9.50. The predicted molar refractivity (Wildman–Crippen MR) is 205 cm³/mol. The summed E-state index contributed by atoms with van der Waals surface area (Å²) in [5, 5.41) is 0. The summed E-state index contributed by atoms with van der Waals surface area (Å²) in [6.45, 7) is 8.92. The molecule has 6 aromatic carbocycles. The minimum absolute atomic E-state index is 0.231. The van der Waals surface area contributed by atoms with E-state index in [1.165, 1.54) is 38.9 Å². The SMILES string of the molecule is C=C(/N=C(\N=C(\c1ccc2c(c1)-c1ccccc1CC2)C(C)CC)c1ccc(-c2ccccc2)cc1)c1ccc(-c2ccccc2)cc1. The number of fused-ring (bicyclic) bond motifs is 3. The fourth-order valence-corrected chi connectivity index (χ4v) is 6.52. The highest BCUT2D eigenvalue weighted by atomic mass is 14.9. The molecular formula is C46H40N2. The Bertz CT molecular complexity index is 2100. The first kappa shape index (κ1) is 31.0. The fourth-order valence-electron chi connectivity index (χ4n) is 6.52. The van der Waals surface area contributed by atoms with Gasteiger partial charge in [-0.1, -0.05) is 166 Å². The first-order valence-electron chi connectivity index (χ1n) is 17.0. The molecule has 1 atom stereocenters. The van der Waals surface area contributed by atoms with Gasteiger partial charge in [-0.2, -0.15) is 0 Å². The van der Waals surface area contributed by atoms with Crippen LogP contribution in [0.3, 0.4) is 0 Å². The molecule has 0 N–H and O–H groups in total. The lowest BCUT2D eigenvalue weighted by atomic mass is 9.83. The Morgan fingerprint density at radius 1 is 0.542 bits per heavy atom. The van der Waals surface area contributed by atoms with Crippen LogP contribution in [0.5, 0.6) is 0 Å². The van der Waals surface area contributed by atoms with Gasteiger partial charge in [0.15, 0.2) is 5.84 Å². The molecule has 0 spiro atoms. The van der Waals surface area contributed by atoms with E-state index in [0.29, 0.717) is 11.5 Å². The molecule has 1 unspecified atom stereocenters. The third kappa shape index (κ3) is 6.61. The third-order valence-electron chi connectivity index (χ3n) is 9.50. The van der Waals surface area contributed by atoms with Crippen molar-refractivity contribution < 1.29 is 0 Å². The maximum absolute atomic E-state index is 5.43. The molecule has 0 fully saturated rings. The Kier molecular flexibility index (Phi) is 9.07. The molecule has 0 heterocycles. The molecule has 1 aliphatic rings. The van der Waals surface area contributed by atoms with E-state index < -0.39 is 0 Å². The number of amidine groups is 1. The predicted octanol–water partition coefficient (Wildman–Crippen LogP) is 11.7. The van der Waals surface area contributed by atoms with E-state index in [9.17, 15) is 0 Å². The molecule has 0 amide bonds. The van der Waals surface area contributed by atoms with Crippen molar-refractivity contribution in [1.82, 2.24) is 0 Å². The number of hydrogen-bond donors (Lipinski definition) is 0. The highest BCUT2D eigenvalue weighted by molar-refractivity contribution is 6.14. The van der Waals surface area contributed by atoms with Gasteiger partial charge in [-0.05, 0) is 86.9 Å². The minimum atomic E-state index is 0.231. The van der Waals surface area contributed by atoms with Crippen molar-refractivity contribution in [1.29, 1.82) is 0 Å². The molecule has 6 aromatic rings. The van der Waals surface area contributed by atoms with E-state index in [0.717, 1.165) is 47.2 Å². The molecule has 0 radical (unpaired) electrons. The van der Waals surface area contributed by atoms with Crippen LogP contribution < -0.4 is 0 Å². The van der Waals surface area contributed by atoms with E-state index in [1.54, 1.807) is 0 Å². The number of aryl methyl sites for hydroxylation is 2. The van der Waals surface area contributed by atoms with Crippen LogP contribution in [0.15, 0.2) is 168 Å². The summed E-state index contributed by atoms with van der Waals surface area (Å²) in [6, 6.07) is 53.7. The zero-order valence-electron chi connectivity index (χ0n) is 27.7. The maximum atomic E-state index is 5.43. The van der Waals surface area contributed by atoms with Crippen molar-refractivity contribution >= 4 is 17.2 Å². The summed E-state index contributed by atoms with van der Waals surface area (Å²) in [5.74, 6) is 0.897. The zero-order chi connectivity index (χ0) is 32.9. The topological polar surface area (TPSA) is 24.7 Å². The zero-order valence-corrected chi connectivity index (χ0v) is 27.7. The Balaban J connectivity index is 1.31. The molecule has 2 nitrogen and oxygen atoms in total. The van der Waals surface area contributed by atoms with E-state index in [1.807, 2.05) is 12.1 Å². The van der Waals surface area contributed by atoms with Gasteiger partial charge in [0.2, 0.25) is 0 Å². The summed E-state index contributed by atoms with van der Waals surface area (Å²) in [6.07, 6.45) is 3.11. The van der Waals surface area contributed by atoms with Crippen molar-refractivity contribution in [3.05, 3.63) is 186 Å². The molecule has 0 saturated carbocycles. The van der Waals surface area contributed by atoms with Crippen LogP contribution in [0.2, 0.25) is 0 Å². The first-order valence-corrected chi connectivity index (χ1v) is 17.0. The van der Waals surface area contributed by atoms with Crippen molar-refractivity contribution in [2.24, 2.45) is 15.9 Å². The Morgan fingerprint density at radius 3 is 1.65 bits per heavy atom. The van der Waals surface area contributed by atoms with Crippen molar-refractivity contribution in [2.45, 2.75) is 33.1 Å². The second-order valence-corrected chi connectivity index (χ2v) is 12.6. The molecule has 234 valence electrons. The summed E-state index contributed by atoms with van der Waals surface area (Å²) >= 11 is 0. The van der Waals surface area contributed by atoms with Gasteiger partial charge in [-0.15, -0.1) is 0 Å². The number of nitrogens with zero attached hydrogens (tertiary/aromatic N) is 2. The maximum Gasteiger partial charge on any atom is 0.160 e. The van der Waals surface area contributed by atoms with Crippen LogP contribution in [-0.2, 0) is 12.8 Å². The summed E-state index contributed by atoms with van der Waals surface area (Å²) in [5.41, 5.74) is 15.0. The summed E-state index contributed by atoms with van der Waals surface area (Å²) in [7, 11) is 0. The second-order valence-electron chi connectivity index (χ2n) is 12.6. The highest BCUT2D eigenvalue weighted by Gasteiger charge is 2.20. The van der Waals surface area contributed by atoms with Gasteiger partial charge in [0.1, 0.15) is 0 Å². The fraction of sp³-hybridized carbons (Fsp3) is 0.130. The molecule has 0 saturated heterocycles. The molecule has 0 aromatic heterocycles. The highest BCUT2D eigenvalue weighted by Crippen LogP contribution is 2.35. The largest absolute Gasteiger partial charge is 0.232 e. The minimum Gasteiger partial charge on any atom is -0.232 e. The van der Waals surface area contributed by atoms with Crippen LogP contribution in [0, 0.1) is 5.92 Å². The second kappa shape index (κ2) is 14.0. The summed E-state index contributed by atoms with van der Waals surface area (Å²) < 4.78 is 0. The average molecular weight is 621 g/mol. The molecular weight excluding hydrogens is 581 g/mol. The van der Waals surface area contributed by atoms with Crippen molar-refractivity contribution in [2.75, 3.05) is 0 Å². The standard InChI is InChI=1S/C46H40N2/c1-4-32(2)45(42-30-27-40-26-25-39-17-11-12-18-43(39)44(40)31-42)48-46(41-28-23-38(24-29-41)36-15-9-6-10-16-36)47-33(3)34-19-21-37(22-20-34)35-13-7-5-8-14-35/h5-24,27-32H,3-4,25-26H2,1-2H3/b47-46-,48-45+. The number of rotatable bonds is 8. The van der Waals surface area contributed by atoms with Crippen LogP contribution in [-0.4, -0.2) is 11.5 Å². The van der Waals surface area contributed by atoms with Gasteiger partial charge in [-0.25, -0.2) is 9.98 Å². The van der Waals surface area contributed by atoms with E-state index in [2.05, 4.69) is 160 Å². The van der Waals surface area contributed by atoms with Gasteiger partial charge in [0, 0.05) is 5.56 Å². The Labute approximate surface area is 284 Å². The number of aliphatic imine (C=N–C) groups is 2. The number of benzene rings is 6. The lowest BCUT2D eigenvalue weighted by Crippen LogP contribution is -2.16. The van der Waals surface area contributed by atoms with Gasteiger partial charge in [0.25, 0.3) is 0 Å². The van der Waals surface area contributed by atoms with Crippen LogP contribution in [0.4, 0.5) is 0 Å². The first-order chi connectivity index (χ1) is 23.6. The van der Waals surface area contributed by atoms with Gasteiger partial charge >= 0.3 is 0 Å². The van der Waals surface area contributed by atoms with E-state index >= 15 is 0 Å². The van der Waals surface area contributed by atoms with Crippen molar-refractivity contribution in [3.63, 3.8) is 0 Å². The van der Waals surface area contributed by atoms with Crippen LogP contribution in [0.1, 0.15) is 48.1 Å². The van der Waals surface area contributed by atoms with E-state index in [-0.39, 0.29) is 5.92 Å². The van der Waals surface area contributed by atoms with Gasteiger partial charge in [0.05, 0.1) is 11.4 Å². The average Bonchev–Trinajstić information content (AvgIpc) is 3.16. The van der Waals surface area contributed by atoms with Gasteiger partial charge < -0.3 is 0 Å². The van der Waals surface area contributed by atoms with Crippen LogP contribution >= 0.6 is 0 Å². The number of hydrogen-bond acceptors (Lipinski definition) is 1. The molecule has 0 aliphatic heterocycles. The van der Waals surface area contributed by atoms with Gasteiger partial charge in [-0.3, -0.25) is 0 Å². The Hall–Kier alpha value is -5.60.